The summed E-state index contributed by atoms with van der Waals surface area (Å²) < 4.78 is 5.83. The normalized spacial score (nSPS) is 10.2. The molecule has 4 nitrogen and oxygen atoms in total. The molecule has 0 fully saturated rings. The molecule has 0 radical (unpaired) electrons. The molecule has 0 saturated heterocycles. The number of ether oxygens (including phenoxy) is 1. The van der Waals surface area contributed by atoms with Gasteiger partial charge < -0.3 is 10.5 Å². The van der Waals surface area contributed by atoms with Gasteiger partial charge in [-0.2, -0.15) is 0 Å². The van der Waals surface area contributed by atoms with Gasteiger partial charge in [0, 0.05) is 28.1 Å². The molecule has 2 N–H and O–H groups in total. The molecule has 0 aliphatic carbocycles. The fourth-order valence-electron chi connectivity index (χ4n) is 1.44. The average Bonchev–Trinajstić information content (AvgIpc) is 2.40. The number of rotatable bonds is 3. The fourth-order valence-corrected chi connectivity index (χ4v) is 2.02. The largest absolute Gasteiger partial charge is 0.457 e. The van der Waals surface area contributed by atoms with E-state index in [1.54, 1.807) is 30.5 Å². The molecule has 2 aromatic rings. The van der Waals surface area contributed by atoms with E-state index in [0.717, 1.165) is 0 Å². The molecule has 0 bridgehead atoms. The molecule has 1 aromatic carbocycles. The SMILES string of the molecule is Nc1ccc(Br)c(C(=O)OCc2ccncc2Cl)c1. The molecule has 6 heteroatoms. The van der Waals surface area contributed by atoms with E-state index in [4.69, 9.17) is 22.1 Å². The monoisotopic (exact) mass is 340 g/mol. The molecular weight excluding hydrogens is 332 g/mol. The number of esters is 1. The highest BCUT2D eigenvalue weighted by Crippen LogP contribution is 2.21. The van der Waals surface area contributed by atoms with E-state index in [0.29, 0.717) is 26.3 Å². The summed E-state index contributed by atoms with van der Waals surface area (Å²) >= 11 is 9.21. The van der Waals surface area contributed by atoms with Gasteiger partial charge >= 0.3 is 5.97 Å². The van der Waals surface area contributed by atoms with E-state index in [1.165, 1.54) is 6.20 Å². The van der Waals surface area contributed by atoms with Crippen molar-refractivity contribution in [3.63, 3.8) is 0 Å². The minimum Gasteiger partial charge on any atom is -0.457 e. The zero-order valence-electron chi connectivity index (χ0n) is 9.77. The van der Waals surface area contributed by atoms with Gasteiger partial charge in [0.25, 0.3) is 0 Å². The predicted octanol–water partition coefficient (Wildman–Crippen LogP) is 3.44. The molecule has 1 heterocycles. The smallest absolute Gasteiger partial charge is 0.339 e. The van der Waals surface area contributed by atoms with Crippen molar-refractivity contribution in [3.05, 3.63) is 57.3 Å². The van der Waals surface area contributed by atoms with Crippen molar-refractivity contribution in [2.45, 2.75) is 6.61 Å². The molecule has 0 atom stereocenters. The third-order valence-corrected chi connectivity index (χ3v) is 3.46. The highest BCUT2D eigenvalue weighted by atomic mass is 79.9. The lowest BCUT2D eigenvalue weighted by Gasteiger charge is -2.08. The summed E-state index contributed by atoms with van der Waals surface area (Å²) in [5.74, 6) is -0.466. The van der Waals surface area contributed by atoms with Crippen molar-refractivity contribution in [3.8, 4) is 0 Å². The predicted molar refractivity (Wildman–Crippen MR) is 76.9 cm³/mol. The van der Waals surface area contributed by atoms with Crippen LogP contribution < -0.4 is 5.73 Å². The molecule has 1 aromatic heterocycles. The first-order chi connectivity index (χ1) is 9.08. The number of nitrogens with two attached hydrogens (primary N) is 1. The van der Waals surface area contributed by atoms with Crippen LogP contribution in [0, 0.1) is 0 Å². The van der Waals surface area contributed by atoms with E-state index < -0.39 is 5.97 Å². The molecule has 0 spiro atoms. The Hall–Kier alpha value is -1.59. The highest BCUT2D eigenvalue weighted by Gasteiger charge is 2.12. The Morgan fingerprint density at radius 2 is 2.21 bits per heavy atom. The van der Waals surface area contributed by atoms with Crippen LogP contribution in [-0.4, -0.2) is 11.0 Å². The maximum Gasteiger partial charge on any atom is 0.339 e. The summed E-state index contributed by atoms with van der Waals surface area (Å²) in [4.78, 5) is 15.8. The first kappa shape index (κ1) is 13.8. The van der Waals surface area contributed by atoms with Crippen molar-refractivity contribution in [1.29, 1.82) is 0 Å². The standard InChI is InChI=1S/C13H10BrClN2O2/c14-11-2-1-9(16)5-10(11)13(18)19-7-8-3-4-17-6-12(8)15/h1-6H,7,16H2. The van der Waals surface area contributed by atoms with Crippen LogP contribution in [0.3, 0.4) is 0 Å². The zero-order chi connectivity index (χ0) is 13.8. The maximum atomic E-state index is 11.9. The van der Waals surface area contributed by atoms with E-state index in [9.17, 15) is 4.79 Å². The van der Waals surface area contributed by atoms with Crippen LogP contribution in [0.15, 0.2) is 41.1 Å². The number of benzene rings is 1. The van der Waals surface area contributed by atoms with Crippen molar-refractivity contribution in [2.24, 2.45) is 0 Å². The molecule has 0 aliphatic rings. The highest BCUT2D eigenvalue weighted by molar-refractivity contribution is 9.10. The summed E-state index contributed by atoms with van der Waals surface area (Å²) in [5.41, 5.74) is 7.21. The van der Waals surface area contributed by atoms with E-state index in [-0.39, 0.29) is 6.61 Å². The minimum atomic E-state index is -0.466. The maximum absolute atomic E-state index is 11.9. The zero-order valence-corrected chi connectivity index (χ0v) is 12.1. The van der Waals surface area contributed by atoms with Crippen LogP contribution in [0.1, 0.15) is 15.9 Å². The van der Waals surface area contributed by atoms with Gasteiger partial charge in [0.05, 0.1) is 10.6 Å². The van der Waals surface area contributed by atoms with E-state index in [2.05, 4.69) is 20.9 Å². The van der Waals surface area contributed by atoms with Gasteiger partial charge in [0.2, 0.25) is 0 Å². The number of carbonyl (C=O) groups is 1. The molecular formula is C13H10BrClN2O2. The number of halogens is 2. The number of anilines is 1. The number of aromatic nitrogens is 1. The molecule has 2 rings (SSSR count). The van der Waals surface area contributed by atoms with Gasteiger partial charge in [-0.25, -0.2) is 4.79 Å². The van der Waals surface area contributed by atoms with Gasteiger partial charge in [0.1, 0.15) is 6.61 Å². The van der Waals surface area contributed by atoms with Crippen LogP contribution in [0.2, 0.25) is 5.02 Å². The van der Waals surface area contributed by atoms with Crippen LogP contribution in [0.4, 0.5) is 5.69 Å². The first-order valence-electron chi connectivity index (χ1n) is 5.38. The molecule has 0 aliphatic heterocycles. The Kier molecular flexibility index (Phi) is 4.39. The molecule has 0 saturated carbocycles. The van der Waals surface area contributed by atoms with Crippen molar-refractivity contribution in [1.82, 2.24) is 4.98 Å². The summed E-state index contributed by atoms with van der Waals surface area (Å²) in [7, 11) is 0. The molecule has 0 amide bonds. The minimum absolute atomic E-state index is 0.0847. The number of nitrogen functional groups attached to an aromatic ring is 1. The van der Waals surface area contributed by atoms with Crippen molar-refractivity contribution >= 4 is 39.2 Å². The third-order valence-electron chi connectivity index (χ3n) is 2.43. The topological polar surface area (TPSA) is 65.2 Å². The van der Waals surface area contributed by atoms with E-state index >= 15 is 0 Å². The lowest BCUT2D eigenvalue weighted by atomic mass is 10.2. The summed E-state index contributed by atoms with van der Waals surface area (Å²) in [6.45, 7) is 0.0847. The summed E-state index contributed by atoms with van der Waals surface area (Å²) in [5, 5.41) is 0.460. The Balaban J connectivity index is 2.10. The van der Waals surface area contributed by atoms with E-state index in [1.807, 2.05) is 0 Å². The van der Waals surface area contributed by atoms with Crippen LogP contribution in [0.25, 0.3) is 0 Å². The van der Waals surface area contributed by atoms with Crippen LogP contribution >= 0.6 is 27.5 Å². The first-order valence-corrected chi connectivity index (χ1v) is 6.55. The fraction of sp³-hybridized carbons (Fsp3) is 0.0769. The number of pyridine rings is 1. The van der Waals surface area contributed by atoms with Crippen LogP contribution in [-0.2, 0) is 11.3 Å². The molecule has 19 heavy (non-hydrogen) atoms. The Bertz CT molecular complexity index is 619. The van der Waals surface area contributed by atoms with Gasteiger partial charge in [-0.05, 0) is 40.2 Å². The Morgan fingerprint density at radius 3 is 2.95 bits per heavy atom. The average molecular weight is 342 g/mol. The van der Waals surface area contributed by atoms with Gasteiger partial charge in [-0.3, -0.25) is 4.98 Å². The second-order valence-corrected chi connectivity index (χ2v) is 5.04. The Labute approximate surface area is 123 Å². The van der Waals surface area contributed by atoms with Crippen molar-refractivity contribution in [2.75, 3.05) is 5.73 Å². The number of hydrogen-bond donors (Lipinski definition) is 1. The quantitative estimate of drug-likeness (QED) is 0.686. The Morgan fingerprint density at radius 1 is 1.42 bits per heavy atom. The second-order valence-electron chi connectivity index (χ2n) is 3.78. The van der Waals surface area contributed by atoms with Crippen LogP contribution in [0.5, 0.6) is 0 Å². The van der Waals surface area contributed by atoms with Gasteiger partial charge in [-0.1, -0.05) is 11.6 Å². The molecule has 0 unspecified atom stereocenters. The van der Waals surface area contributed by atoms with Gasteiger partial charge in [0.15, 0.2) is 0 Å². The third kappa shape index (κ3) is 3.45. The summed E-state index contributed by atoms with van der Waals surface area (Å²) in [6.07, 6.45) is 3.09. The lowest BCUT2D eigenvalue weighted by molar-refractivity contribution is 0.0471. The van der Waals surface area contributed by atoms with Crippen molar-refractivity contribution < 1.29 is 9.53 Å². The van der Waals surface area contributed by atoms with Gasteiger partial charge in [-0.15, -0.1) is 0 Å². The number of hydrogen-bond acceptors (Lipinski definition) is 4. The number of nitrogens with zero attached hydrogens (tertiary/aromatic N) is 1. The second kappa shape index (κ2) is 6.04. The summed E-state index contributed by atoms with van der Waals surface area (Å²) in [6, 6.07) is 6.65. The lowest BCUT2D eigenvalue weighted by Crippen LogP contribution is -2.07. The molecule has 98 valence electrons. The number of carbonyl (C=O) groups excluding carboxylic acids is 1.